The molecule has 5 heteroatoms. The van der Waals surface area contributed by atoms with Gasteiger partial charge in [-0.05, 0) is 12.1 Å². The summed E-state index contributed by atoms with van der Waals surface area (Å²) in [6.45, 7) is 2.06. The molecule has 0 radical (unpaired) electrons. The lowest BCUT2D eigenvalue weighted by Gasteiger charge is -2.25. The number of methoxy groups -OCH3 is 1. The Balaban J connectivity index is 2.34. The highest BCUT2D eigenvalue weighted by molar-refractivity contribution is 9.10. The van der Waals surface area contributed by atoms with Gasteiger partial charge in [0.25, 0.3) is 0 Å². The molecule has 0 unspecified atom stereocenters. The van der Waals surface area contributed by atoms with E-state index in [0.717, 1.165) is 16.6 Å². The normalized spacial score (nSPS) is 20.8. The van der Waals surface area contributed by atoms with Gasteiger partial charge in [0.2, 0.25) is 0 Å². The van der Waals surface area contributed by atoms with Crippen LogP contribution in [-0.4, -0.2) is 32.0 Å². The van der Waals surface area contributed by atoms with Crippen LogP contribution in [-0.2, 0) is 4.74 Å². The van der Waals surface area contributed by atoms with Crippen molar-refractivity contribution in [2.45, 2.75) is 6.04 Å². The zero-order valence-corrected chi connectivity index (χ0v) is 10.6. The predicted octanol–water partition coefficient (Wildman–Crippen LogP) is 1.82. The second kappa shape index (κ2) is 5.03. The van der Waals surface area contributed by atoms with Crippen LogP contribution in [0.2, 0.25) is 0 Å². The van der Waals surface area contributed by atoms with Crippen molar-refractivity contribution in [1.82, 2.24) is 5.32 Å². The third kappa shape index (κ3) is 2.31. The number of nitrogens with one attached hydrogen (secondary N) is 1. The van der Waals surface area contributed by atoms with E-state index < -0.39 is 0 Å². The van der Waals surface area contributed by atoms with Crippen LogP contribution in [0.1, 0.15) is 11.6 Å². The number of rotatable bonds is 2. The van der Waals surface area contributed by atoms with Gasteiger partial charge in [0.15, 0.2) is 11.5 Å². The van der Waals surface area contributed by atoms with Crippen molar-refractivity contribution in [1.29, 1.82) is 0 Å². The molecule has 2 N–H and O–H groups in total. The van der Waals surface area contributed by atoms with Crippen LogP contribution in [0.25, 0.3) is 0 Å². The molecule has 0 spiro atoms. The maximum Gasteiger partial charge on any atom is 0.162 e. The Morgan fingerprint density at radius 2 is 2.38 bits per heavy atom. The number of hydrogen-bond acceptors (Lipinski definition) is 4. The standard InChI is InChI=1S/C11H14BrNO3/c1-15-10-5-7(12)4-8(11(10)14)9-6-16-3-2-13-9/h4-5,9,13-14H,2-3,6H2,1H3/t9-/m1/s1. The predicted molar refractivity (Wildman–Crippen MR) is 63.9 cm³/mol. The molecular weight excluding hydrogens is 274 g/mol. The van der Waals surface area contributed by atoms with E-state index in [-0.39, 0.29) is 11.8 Å². The SMILES string of the molecule is COc1cc(Br)cc([C@H]2COCCN2)c1O. The van der Waals surface area contributed by atoms with Crippen LogP contribution in [0.3, 0.4) is 0 Å². The molecule has 1 fully saturated rings. The number of morpholine rings is 1. The summed E-state index contributed by atoms with van der Waals surface area (Å²) in [5.74, 6) is 0.644. The molecule has 1 aliphatic rings. The van der Waals surface area contributed by atoms with Crippen molar-refractivity contribution in [3.8, 4) is 11.5 Å². The molecule has 1 aromatic rings. The van der Waals surface area contributed by atoms with E-state index in [9.17, 15) is 5.11 Å². The van der Waals surface area contributed by atoms with Crippen molar-refractivity contribution >= 4 is 15.9 Å². The fraction of sp³-hybridized carbons (Fsp3) is 0.455. The number of ether oxygens (including phenoxy) is 2. The first-order chi connectivity index (χ1) is 7.72. The first kappa shape index (κ1) is 11.7. The minimum atomic E-state index is 0.0140. The Labute approximate surface area is 103 Å². The van der Waals surface area contributed by atoms with Gasteiger partial charge in [-0.1, -0.05) is 15.9 Å². The van der Waals surface area contributed by atoms with Gasteiger partial charge in [0.1, 0.15) is 0 Å². The van der Waals surface area contributed by atoms with Crippen molar-refractivity contribution in [2.75, 3.05) is 26.9 Å². The molecule has 1 aromatic carbocycles. The maximum absolute atomic E-state index is 10.0. The smallest absolute Gasteiger partial charge is 0.162 e. The van der Waals surface area contributed by atoms with Gasteiger partial charge in [-0.2, -0.15) is 0 Å². The summed E-state index contributed by atoms with van der Waals surface area (Å²) in [6.07, 6.45) is 0. The summed E-state index contributed by atoms with van der Waals surface area (Å²) in [5, 5.41) is 13.3. The molecule has 88 valence electrons. The molecule has 0 amide bonds. The highest BCUT2D eigenvalue weighted by atomic mass is 79.9. The van der Waals surface area contributed by atoms with Crippen LogP contribution in [0, 0.1) is 0 Å². The largest absolute Gasteiger partial charge is 0.504 e. The molecular formula is C11H14BrNO3. The first-order valence-electron chi connectivity index (χ1n) is 5.10. The Hall–Kier alpha value is -0.780. The van der Waals surface area contributed by atoms with Crippen molar-refractivity contribution in [3.63, 3.8) is 0 Å². The third-order valence-corrected chi connectivity index (χ3v) is 3.04. The van der Waals surface area contributed by atoms with Crippen LogP contribution in [0.15, 0.2) is 16.6 Å². The Morgan fingerprint density at radius 1 is 1.56 bits per heavy atom. The number of phenols is 1. The topological polar surface area (TPSA) is 50.7 Å². The van der Waals surface area contributed by atoms with Gasteiger partial charge in [0, 0.05) is 16.6 Å². The van der Waals surface area contributed by atoms with Gasteiger partial charge < -0.3 is 19.9 Å². The van der Waals surface area contributed by atoms with Gasteiger partial charge in [-0.25, -0.2) is 0 Å². The van der Waals surface area contributed by atoms with Gasteiger partial charge in [-0.15, -0.1) is 0 Å². The first-order valence-corrected chi connectivity index (χ1v) is 5.89. The number of aromatic hydroxyl groups is 1. The molecule has 1 aliphatic heterocycles. The average Bonchev–Trinajstić information content (AvgIpc) is 2.33. The summed E-state index contributed by atoms with van der Waals surface area (Å²) in [4.78, 5) is 0. The maximum atomic E-state index is 10.0. The number of phenolic OH excluding ortho intramolecular Hbond substituents is 1. The van der Waals surface area contributed by atoms with Gasteiger partial charge in [-0.3, -0.25) is 0 Å². The molecule has 16 heavy (non-hydrogen) atoms. The monoisotopic (exact) mass is 287 g/mol. The zero-order valence-electron chi connectivity index (χ0n) is 9.00. The Kier molecular flexibility index (Phi) is 3.68. The fourth-order valence-electron chi connectivity index (χ4n) is 1.78. The van der Waals surface area contributed by atoms with Crippen molar-refractivity contribution in [3.05, 3.63) is 22.2 Å². The summed E-state index contributed by atoms with van der Waals surface area (Å²) in [6, 6.07) is 3.63. The lowest BCUT2D eigenvalue weighted by molar-refractivity contribution is 0.0759. The van der Waals surface area contributed by atoms with Gasteiger partial charge >= 0.3 is 0 Å². The van der Waals surface area contributed by atoms with Crippen molar-refractivity contribution in [2.24, 2.45) is 0 Å². The van der Waals surface area contributed by atoms with E-state index in [1.807, 2.05) is 6.07 Å². The van der Waals surface area contributed by atoms with Crippen molar-refractivity contribution < 1.29 is 14.6 Å². The minimum absolute atomic E-state index is 0.0140. The van der Waals surface area contributed by atoms with Crippen LogP contribution in [0.4, 0.5) is 0 Å². The molecule has 0 aromatic heterocycles. The lowest BCUT2D eigenvalue weighted by Crippen LogP contribution is -2.34. The Morgan fingerprint density at radius 3 is 3.00 bits per heavy atom. The molecule has 1 atom stereocenters. The van der Waals surface area contributed by atoms with Crippen LogP contribution in [0.5, 0.6) is 11.5 Å². The second-order valence-corrected chi connectivity index (χ2v) is 4.54. The van der Waals surface area contributed by atoms with E-state index in [2.05, 4.69) is 21.2 Å². The summed E-state index contributed by atoms with van der Waals surface area (Å²) < 4.78 is 11.4. The summed E-state index contributed by atoms with van der Waals surface area (Å²) in [5.41, 5.74) is 0.797. The minimum Gasteiger partial charge on any atom is -0.504 e. The third-order valence-electron chi connectivity index (χ3n) is 2.59. The number of halogens is 1. The molecule has 2 rings (SSSR count). The van der Waals surface area contributed by atoms with Gasteiger partial charge in [0.05, 0.1) is 26.4 Å². The summed E-state index contributed by atoms with van der Waals surface area (Å²) in [7, 11) is 1.54. The quantitative estimate of drug-likeness (QED) is 0.871. The van der Waals surface area contributed by atoms with Crippen LogP contribution < -0.4 is 10.1 Å². The lowest BCUT2D eigenvalue weighted by atomic mass is 10.1. The van der Waals surface area contributed by atoms with E-state index >= 15 is 0 Å². The zero-order chi connectivity index (χ0) is 11.5. The average molecular weight is 288 g/mol. The van der Waals surface area contributed by atoms with Crippen LogP contribution >= 0.6 is 15.9 Å². The molecule has 0 bridgehead atoms. The highest BCUT2D eigenvalue weighted by Crippen LogP contribution is 2.37. The van der Waals surface area contributed by atoms with E-state index in [4.69, 9.17) is 9.47 Å². The molecule has 0 aliphatic carbocycles. The van der Waals surface area contributed by atoms with E-state index in [1.165, 1.54) is 7.11 Å². The number of hydrogen-bond donors (Lipinski definition) is 2. The van der Waals surface area contributed by atoms with E-state index in [0.29, 0.717) is 19.0 Å². The highest BCUT2D eigenvalue weighted by Gasteiger charge is 2.21. The number of benzene rings is 1. The summed E-state index contributed by atoms with van der Waals surface area (Å²) >= 11 is 3.39. The fourth-order valence-corrected chi connectivity index (χ4v) is 2.24. The molecule has 0 saturated carbocycles. The Bertz CT molecular complexity index is 378. The molecule has 1 heterocycles. The molecule has 1 saturated heterocycles. The van der Waals surface area contributed by atoms with E-state index in [1.54, 1.807) is 6.07 Å². The molecule has 4 nitrogen and oxygen atoms in total. The second-order valence-electron chi connectivity index (χ2n) is 3.63.